The molecule has 5 heteroatoms. The number of carbonyl (C=O) groups excluding carboxylic acids is 2. The first-order chi connectivity index (χ1) is 6.77. The highest BCUT2D eigenvalue weighted by Gasteiger charge is 2.08. The van der Waals surface area contributed by atoms with Crippen LogP contribution in [0.2, 0.25) is 0 Å². The molecule has 0 bridgehead atoms. The summed E-state index contributed by atoms with van der Waals surface area (Å²) in [5.41, 5.74) is 0.0254. The van der Waals surface area contributed by atoms with Gasteiger partial charge in [-0.2, -0.15) is 0 Å². The van der Waals surface area contributed by atoms with Crippen LogP contribution >= 0.6 is 0 Å². The van der Waals surface area contributed by atoms with Crippen molar-refractivity contribution in [2.75, 3.05) is 7.11 Å². The van der Waals surface area contributed by atoms with Gasteiger partial charge >= 0.3 is 5.97 Å². The molecule has 1 aromatic rings. The molecular weight excluding hydrogens is 186 g/mol. The van der Waals surface area contributed by atoms with Crippen LogP contribution in [-0.4, -0.2) is 19.5 Å². The molecular formula is C9H9NO4. The molecule has 0 unspecified atom stereocenters. The number of nitrogens with one attached hydrogen (secondary N) is 1. The summed E-state index contributed by atoms with van der Waals surface area (Å²) in [5, 5.41) is 2.22. The van der Waals surface area contributed by atoms with E-state index in [2.05, 4.69) is 10.1 Å². The monoisotopic (exact) mass is 195 g/mol. The highest BCUT2D eigenvalue weighted by atomic mass is 16.5. The Balaban J connectivity index is 2.86. The van der Waals surface area contributed by atoms with Crippen molar-refractivity contribution < 1.29 is 18.7 Å². The van der Waals surface area contributed by atoms with E-state index < -0.39 is 5.97 Å². The number of hydrogen-bond donors (Lipinski definition) is 1. The number of furan rings is 1. The van der Waals surface area contributed by atoms with Crippen LogP contribution in [0.15, 0.2) is 28.5 Å². The molecule has 0 aliphatic rings. The summed E-state index contributed by atoms with van der Waals surface area (Å²) in [5.74, 6) is -0.173. The van der Waals surface area contributed by atoms with Gasteiger partial charge in [0.1, 0.15) is 11.5 Å². The highest BCUT2D eigenvalue weighted by Crippen LogP contribution is 2.06. The summed E-state index contributed by atoms with van der Waals surface area (Å²) in [6, 6.07) is 3.32. The van der Waals surface area contributed by atoms with Gasteiger partial charge in [0.15, 0.2) is 0 Å². The molecule has 1 rings (SSSR count). The van der Waals surface area contributed by atoms with Gasteiger partial charge in [0.05, 0.1) is 13.4 Å². The number of methoxy groups -OCH3 is 1. The maximum absolute atomic E-state index is 11.1. The van der Waals surface area contributed by atoms with Crippen LogP contribution in [0, 0.1) is 0 Å². The maximum atomic E-state index is 11.1. The quantitative estimate of drug-likeness (QED) is 0.432. The number of hydrogen-bond acceptors (Lipinski definition) is 4. The molecule has 5 nitrogen and oxygen atoms in total. The van der Waals surface area contributed by atoms with Crippen molar-refractivity contribution in [1.82, 2.24) is 5.32 Å². The first-order valence-electron chi connectivity index (χ1n) is 3.81. The van der Waals surface area contributed by atoms with Crippen LogP contribution in [0.5, 0.6) is 0 Å². The SMILES string of the molecule is COC(=O)/C(=C\c1ccco1)NC=O. The predicted molar refractivity (Wildman–Crippen MR) is 47.9 cm³/mol. The lowest BCUT2D eigenvalue weighted by Gasteiger charge is -2.01. The van der Waals surface area contributed by atoms with Crippen LogP contribution in [0.3, 0.4) is 0 Å². The first-order valence-corrected chi connectivity index (χ1v) is 3.81. The molecule has 0 fully saturated rings. The molecule has 0 atom stereocenters. The van der Waals surface area contributed by atoms with Gasteiger partial charge in [0.2, 0.25) is 6.41 Å². The summed E-state index contributed by atoms with van der Waals surface area (Å²) in [6.45, 7) is 0. The average Bonchev–Trinajstić information content (AvgIpc) is 2.68. The number of amides is 1. The summed E-state index contributed by atoms with van der Waals surface area (Å²) in [7, 11) is 1.23. The minimum Gasteiger partial charge on any atom is -0.465 e. The predicted octanol–water partition coefficient (Wildman–Crippen LogP) is 0.539. The van der Waals surface area contributed by atoms with Crippen LogP contribution in [0.25, 0.3) is 6.08 Å². The van der Waals surface area contributed by atoms with Crippen molar-refractivity contribution in [2.45, 2.75) is 0 Å². The van der Waals surface area contributed by atoms with Gasteiger partial charge in [-0.3, -0.25) is 4.79 Å². The summed E-state index contributed by atoms with van der Waals surface area (Å²) in [4.78, 5) is 21.2. The van der Waals surface area contributed by atoms with Crippen LogP contribution in [0.4, 0.5) is 0 Å². The third-order valence-electron chi connectivity index (χ3n) is 1.45. The molecule has 1 aromatic heterocycles. The standard InChI is InChI=1S/C9H9NO4/c1-13-9(12)8(10-6-11)5-7-3-2-4-14-7/h2-6H,1H3,(H,10,11)/b8-5+. The van der Waals surface area contributed by atoms with Gasteiger partial charge in [-0.05, 0) is 12.1 Å². The number of carbonyl (C=O) groups is 2. The van der Waals surface area contributed by atoms with E-state index in [-0.39, 0.29) is 5.70 Å². The van der Waals surface area contributed by atoms with E-state index in [0.29, 0.717) is 12.2 Å². The highest BCUT2D eigenvalue weighted by molar-refractivity contribution is 5.94. The lowest BCUT2D eigenvalue weighted by atomic mass is 10.3. The largest absolute Gasteiger partial charge is 0.465 e. The topological polar surface area (TPSA) is 68.5 Å². The maximum Gasteiger partial charge on any atom is 0.354 e. The molecule has 0 aliphatic carbocycles. The van der Waals surface area contributed by atoms with Gasteiger partial charge in [0, 0.05) is 6.08 Å². The normalized spacial score (nSPS) is 10.8. The van der Waals surface area contributed by atoms with Gasteiger partial charge in [-0.25, -0.2) is 4.79 Å². The number of ether oxygens (including phenoxy) is 1. The fourth-order valence-corrected chi connectivity index (χ4v) is 0.849. The summed E-state index contributed by atoms with van der Waals surface area (Å²) >= 11 is 0. The van der Waals surface area contributed by atoms with Crippen molar-refractivity contribution in [2.24, 2.45) is 0 Å². The molecule has 0 aromatic carbocycles. The summed E-state index contributed by atoms with van der Waals surface area (Å²) < 4.78 is 9.41. The first kappa shape index (κ1) is 10.0. The molecule has 0 aliphatic heterocycles. The Bertz CT molecular complexity index is 340. The molecule has 1 heterocycles. The van der Waals surface area contributed by atoms with E-state index in [0.717, 1.165) is 0 Å². The van der Waals surface area contributed by atoms with E-state index in [1.165, 1.54) is 19.4 Å². The molecule has 14 heavy (non-hydrogen) atoms. The number of esters is 1. The Morgan fingerprint density at radius 1 is 1.64 bits per heavy atom. The van der Waals surface area contributed by atoms with Crippen LogP contribution in [0.1, 0.15) is 5.76 Å². The Morgan fingerprint density at radius 2 is 2.43 bits per heavy atom. The van der Waals surface area contributed by atoms with Gasteiger partial charge in [0.25, 0.3) is 0 Å². The summed E-state index contributed by atoms with van der Waals surface area (Å²) in [6.07, 6.45) is 3.23. The Kier molecular flexibility index (Phi) is 3.49. The van der Waals surface area contributed by atoms with Crippen molar-refractivity contribution in [3.63, 3.8) is 0 Å². The fraction of sp³-hybridized carbons (Fsp3) is 0.111. The smallest absolute Gasteiger partial charge is 0.354 e. The van der Waals surface area contributed by atoms with Crippen molar-refractivity contribution >= 4 is 18.5 Å². The second-order valence-corrected chi connectivity index (χ2v) is 2.33. The van der Waals surface area contributed by atoms with E-state index >= 15 is 0 Å². The van der Waals surface area contributed by atoms with Crippen molar-refractivity contribution in [3.8, 4) is 0 Å². The average molecular weight is 195 g/mol. The van der Waals surface area contributed by atoms with Crippen molar-refractivity contribution in [3.05, 3.63) is 29.9 Å². The van der Waals surface area contributed by atoms with Crippen LogP contribution < -0.4 is 5.32 Å². The Hall–Kier alpha value is -2.04. The Morgan fingerprint density at radius 3 is 2.93 bits per heavy atom. The van der Waals surface area contributed by atoms with Crippen LogP contribution in [-0.2, 0) is 14.3 Å². The second-order valence-electron chi connectivity index (χ2n) is 2.33. The molecule has 0 spiro atoms. The lowest BCUT2D eigenvalue weighted by molar-refractivity contribution is -0.137. The number of rotatable bonds is 4. The molecule has 0 radical (unpaired) electrons. The minimum atomic E-state index is -0.631. The lowest BCUT2D eigenvalue weighted by Crippen LogP contribution is -2.19. The van der Waals surface area contributed by atoms with Gasteiger partial charge in [-0.15, -0.1) is 0 Å². The third kappa shape index (κ3) is 2.48. The van der Waals surface area contributed by atoms with Gasteiger partial charge < -0.3 is 14.5 Å². The third-order valence-corrected chi connectivity index (χ3v) is 1.45. The zero-order valence-corrected chi connectivity index (χ0v) is 7.52. The van der Waals surface area contributed by atoms with Crippen molar-refractivity contribution in [1.29, 1.82) is 0 Å². The fourth-order valence-electron chi connectivity index (χ4n) is 0.849. The zero-order chi connectivity index (χ0) is 10.4. The van der Waals surface area contributed by atoms with E-state index in [4.69, 9.17) is 4.42 Å². The molecule has 0 saturated heterocycles. The molecule has 0 saturated carbocycles. The van der Waals surface area contributed by atoms with E-state index in [9.17, 15) is 9.59 Å². The Labute approximate surface area is 80.3 Å². The zero-order valence-electron chi connectivity index (χ0n) is 7.52. The van der Waals surface area contributed by atoms with Gasteiger partial charge in [-0.1, -0.05) is 0 Å². The minimum absolute atomic E-state index is 0.0254. The molecule has 1 amide bonds. The second kappa shape index (κ2) is 4.86. The molecule has 1 N–H and O–H groups in total. The molecule has 74 valence electrons. The van der Waals surface area contributed by atoms with E-state index in [1.807, 2.05) is 0 Å². The van der Waals surface area contributed by atoms with E-state index in [1.54, 1.807) is 12.1 Å².